The van der Waals surface area contributed by atoms with Crippen LogP contribution >= 0.6 is 27.3 Å². The van der Waals surface area contributed by atoms with Crippen LogP contribution in [-0.2, 0) is 13.2 Å². The van der Waals surface area contributed by atoms with Crippen molar-refractivity contribution in [2.45, 2.75) is 13.2 Å². The molecule has 1 heterocycles. The van der Waals surface area contributed by atoms with Crippen molar-refractivity contribution in [3.8, 4) is 0 Å². The van der Waals surface area contributed by atoms with Crippen molar-refractivity contribution < 1.29 is 5.11 Å². The summed E-state index contributed by atoms with van der Waals surface area (Å²) in [5.41, 5.74) is 2.02. The molecule has 90 valence electrons. The van der Waals surface area contributed by atoms with Gasteiger partial charge >= 0.3 is 0 Å². The summed E-state index contributed by atoms with van der Waals surface area (Å²) in [5, 5.41) is 11.5. The SMILES string of the molecule is CN(Cc1cccs1)c1ccc(Br)cc1CO. The summed E-state index contributed by atoms with van der Waals surface area (Å²) in [5.74, 6) is 0. The Balaban J connectivity index is 2.21. The topological polar surface area (TPSA) is 23.5 Å². The van der Waals surface area contributed by atoms with Crippen LogP contribution < -0.4 is 4.90 Å². The van der Waals surface area contributed by atoms with Crippen LogP contribution in [0.25, 0.3) is 0 Å². The van der Waals surface area contributed by atoms with Gasteiger partial charge in [-0.25, -0.2) is 0 Å². The van der Waals surface area contributed by atoms with Crippen molar-refractivity contribution in [3.63, 3.8) is 0 Å². The molecule has 1 aromatic carbocycles. The number of nitrogens with zero attached hydrogens (tertiary/aromatic N) is 1. The van der Waals surface area contributed by atoms with Crippen molar-refractivity contribution in [3.05, 3.63) is 50.6 Å². The van der Waals surface area contributed by atoms with Crippen LogP contribution in [-0.4, -0.2) is 12.2 Å². The van der Waals surface area contributed by atoms with E-state index in [1.54, 1.807) is 11.3 Å². The van der Waals surface area contributed by atoms with Gasteiger partial charge in [-0.1, -0.05) is 22.0 Å². The first kappa shape index (κ1) is 12.6. The third-order valence-corrected chi connectivity index (χ3v) is 3.95. The first-order chi connectivity index (χ1) is 8.20. The van der Waals surface area contributed by atoms with E-state index in [2.05, 4.69) is 38.3 Å². The van der Waals surface area contributed by atoms with Crippen LogP contribution in [0.2, 0.25) is 0 Å². The van der Waals surface area contributed by atoms with Crippen molar-refractivity contribution in [1.82, 2.24) is 0 Å². The Morgan fingerprint density at radius 3 is 2.82 bits per heavy atom. The smallest absolute Gasteiger partial charge is 0.0702 e. The predicted octanol–water partition coefficient (Wildman–Crippen LogP) is 3.64. The second-order valence-corrected chi connectivity index (χ2v) is 5.81. The minimum atomic E-state index is 0.0591. The lowest BCUT2D eigenvalue weighted by Crippen LogP contribution is -2.17. The number of anilines is 1. The van der Waals surface area contributed by atoms with Gasteiger partial charge in [0.05, 0.1) is 13.2 Å². The van der Waals surface area contributed by atoms with Crippen LogP contribution in [0.15, 0.2) is 40.2 Å². The summed E-state index contributed by atoms with van der Waals surface area (Å²) in [6, 6.07) is 10.2. The number of rotatable bonds is 4. The fourth-order valence-corrected chi connectivity index (χ4v) is 2.94. The molecule has 1 aromatic heterocycles. The maximum atomic E-state index is 9.37. The molecule has 0 radical (unpaired) electrons. The van der Waals surface area contributed by atoms with Crippen molar-refractivity contribution in [1.29, 1.82) is 0 Å². The molecule has 0 aliphatic rings. The lowest BCUT2D eigenvalue weighted by molar-refractivity contribution is 0.282. The van der Waals surface area contributed by atoms with Gasteiger partial charge in [-0.3, -0.25) is 0 Å². The second-order valence-electron chi connectivity index (χ2n) is 3.87. The Kier molecular flexibility index (Phi) is 4.20. The first-order valence-corrected chi connectivity index (χ1v) is 7.01. The quantitative estimate of drug-likeness (QED) is 0.932. The molecule has 2 rings (SSSR count). The number of aliphatic hydroxyl groups excluding tert-OH is 1. The van der Waals surface area contributed by atoms with E-state index in [4.69, 9.17) is 0 Å². The van der Waals surface area contributed by atoms with Crippen molar-refractivity contribution in [2.75, 3.05) is 11.9 Å². The van der Waals surface area contributed by atoms with E-state index in [1.165, 1.54) is 4.88 Å². The summed E-state index contributed by atoms with van der Waals surface area (Å²) in [6.45, 7) is 0.926. The Bertz CT molecular complexity index is 484. The highest BCUT2D eigenvalue weighted by Crippen LogP contribution is 2.25. The zero-order valence-electron chi connectivity index (χ0n) is 9.56. The minimum Gasteiger partial charge on any atom is -0.392 e. The molecule has 0 aliphatic heterocycles. The molecule has 0 saturated heterocycles. The van der Waals surface area contributed by atoms with Crippen molar-refractivity contribution in [2.24, 2.45) is 0 Å². The first-order valence-electron chi connectivity index (χ1n) is 5.33. The molecule has 0 aliphatic carbocycles. The normalized spacial score (nSPS) is 10.5. The molecule has 1 N–H and O–H groups in total. The van der Waals surface area contributed by atoms with E-state index in [0.717, 1.165) is 22.3 Å². The summed E-state index contributed by atoms with van der Waals surface area (Å²) in [7, 11) is 2.04. The molecular formula is C13H14BrNOS. The Hall–Kier alpha value is -0.840. The second kappa shape index (κ2) is 5.67. The molecule has 0 amide bonds. The van der Waals surface area contributed by atoms with Crippen molar-refractivity contribution >= 4 is 33.0 Å². The van der Waals surface area contributed by atoms with Gasteiger partial charge in [0.15, 0.2) is 0 Å². The lowest BCUT2D eigenvalue weighted by Gasteiger charge is -2.21. The molecular weight excluding hydrogens is 298 g/mol. The Labute approximate surface area is 114 Å². The average Bonchev–Trinajstić information content (AvgIpc) is 2.81. The van der Waals surface area contributed by atoms with Gasteiger partial charge < -0.3 is 10.0 Å². The van der Waals surface area contributed by atoms with Gasteiger partial charge in [0.25, 0.3) is 0 Å². The van der Waals surface area contributed by atoms with E-state index < -0.39 is 0 Å². The average molecular weight is 312 g/mol. The Morgan fingerprint density at radius 1 is 1.35 bits per heavy atom. The predicted molar refractivity (Wildman–Crippen MR) is 76.5 cm³/mol. The highest BCUT2D eigenvalue weighted by Gasteiger charge is 2.08. The highest BCUT2D eigenvalue weighted by atomic mass is 79.9. The molecule has 17 heavy (non-hydrogen) atoms. The van der Waals surface area contributed by atoms with E-state index in [1.807, 2.05) is 25.2 Å². The lowest BCUT2D eigenvalue weighted by atomic mass is 10.1. The summed E-state index contributed by atoms with van der Waals surface area (Å²) < 4.78 is 0.995. The van der Waals surface area contributed by atoms with Gasteiger partial charge in [0.1, 0.15) is 0 Å². The number of halogens is 1. The number of hydrogen-bond acceptors (Lipinski definition) is 3. The number of thiophene rings is 1. The maximum Gasteiger partial charge on any atom is 0.0702 e. The molecule has 4 heteroatoms. The zero-order chi connectivity index (χ0) is 12.3. The van der Waals surface area contributed by atoms with E-state index in [-0.39, 0.29) is 6.61 Å². The number of aliphatic hydroxyl groups is 1. The van der Waals surface area contributed by atoms with Gasteiger partial charge in [-0.2, -0.15) is 0 Å². The standard InChI is InChI=1S/C13H14BrNOS/c1-15(8-12-3-2-6-17-12)13-5-4-11(14)7-10(13)9-16/h2-7,16H,8-9H2,1H3. The van der Waals surface area contributed by atoms with Crippen LogP contribution in [0.1, 0.15) is 10.4 Å². The maximum absolute atomic E-state index is 9.37. The third-order valence-electron chi connectivity index (χ3n) is 2.60. The number of hydrogen-bond donors (Lipinski definition) is 1. The minimum absolute atomic E-state index is 0.0591. The van der Waals surface area contributed by atoms with Crippen LogP contribution in [0.5, 0.6) is 0 Å². The van der Waals surface area contributed by atoms with E-state index in [9.17, 15) is 5.11 Å². The number of benzene rings is 1. The van der Waals surface area contributed by atoms with Crippen LogP contribution in [0.3, 0.4) is 0 Å². The largest absolute Gasteiger partial charge is 0.392 e. The van der Waals surface area contributed by atoms with Crippen LogP contribution in [0.4, 0.5) is 5.69 Å². The summed E-state index contributed by atoms with van der Waals surface area (Å²) >= 11 is 5.17. The molecule has 2 aromatic rings. The zero-order valence-corrected chi connectivity index (χ0v) is 12.0. The Morgan fingerprint density at radius 2 is 2.18 bits per heavy atom. The molecule has 0 spiro atoms. The van der Waals surface area contributed by atoms with E-state index in [0.29, 0.717) is 0 Å². The van der Waals surface area contributed by atoms with Gasteiger partial charge in [-0.15, -0.1) is 11.3 Å². The molecule has 0 fully saturated rings. The highest BCUT2D eigenvalue weighted by molar-refractivity contribution is 9.10. The van der Waals surface area contributed by atoms with Gasteiger partial charge in [0, 0.05) is 27.6 Å². The fraction of sp³-hybridized carbons (Fsp3) is 0.231. The van der Waals surface area contributed by atoms with Gasteiger partial charge in [0.2, 0.25) is 0 Å². The summed E-state index contributed by atoms with van der Waals surface area (Å²) in [6.07, 6.45) is 0. The molecule has 0 bridgehead atoms. The third kappa shape index (κ3) is 3.09. The molecule has 0 atom stereocenters. The van der Waals surface area contributed by atoms with Gasteiger partial charge in [-0.05, 0) is 29.6 Å². The monoisotopic (exact) mass is 311 g/mol. The molecule has 2 nitrogen and oxygen atoms in total. The molecule has 0 saturated carbocycles. The van der Waals surface area contributed by atoms with E-state index >= 15 is 0 Å². The summed E-state index contributed by atoms with van der Waals surface area (Å²) in [4.78, 5) is 3.48. The fourth-order valence-electron chi connectivity index (χ4n) is 1.77. The molecule has 0 unspecified atom stereocenters. The van der Waals surface area contributed by atoms with Crippen LogP contribution in [0, 0.1) is 0 Å².